The Bertz CT molecular complexity index is 1520. The Hall–Kier alpha value is -5.49. The summed E-state index contributed by atoms with van der Waals surface area (Å²) < 4.78 is 0. The van der Waals surface area contributed by atoms with Crippen LogP contribution >= 0.6 is 0 Å². The lowest BCUT2D eigenvalue weighted by molar-refractivity contribution is -0.144. The normalized spacial score (nSPS) is 27.2. The van der Waals surface area contributed by atoms with Gasteiger partial charge in [-0.05, 0) is 33.1 Å². The Balaban J connectivity index is 3.79. The van der Waals surface area contributed by atoms with Crippen LogP contribution in [0.3, 0.4) is 0 Å². The number of aliphatic hydroxyl groups is 5. The summed E-state index contributed by atoms with van der Waals surface area (Å²) in [5, 5.41) is 69.5. The highest BCUT2D eigenvalue weighted by molar-refractivity contribution is 5.99. The molecule has 23 nitrogen and oxygen atoms in total. The van der Waals surface area contributed by atoms with Gasteiger partial charge in [-0.1, -0.05) is 26.0 Å². The summed E-state index contributed by atoms with van der Waals surface area (Å²) >= 11 is 0. The lowest BCUT2D eigenvalue weighted by Crippen LogP contribution is -2.65. The summed E-state index contributed by atoms with van der Waals surface area (Å²) in [7, 11) is 0. The van der Waals surface area contributed by atoms with Gasteiger partial charge in [0.1, 0.15) is 48.5 Å². The summed E-state index contributed by atoms with van der Waals surface area (Å²) in [4.78, 5) is 117. The van der Waals surface area contributed by atoms with Gasteiger partial charge >= 0.3 is 0 Å². The van der Waals surface area contributed by atoms with E-state index < -0.39 is 139 Å². The van der Waals surface area contributed by atoms with Gasteiger partial charge in [0.05, 0.1) is 19.3 Å². The maximum absolute atomic E-state index is 13.6. The van der Waals surface area contributed by atoms with Gasteiger partial charge < -0.3 is 73.8 Å². The third kappa shape index (κ3) is 14.3. The summed E-state index contributed by atoms with van der Waals surface area (Å²) in [5.41, 5.74) is 5.30. The average Bonchev–Trinajstić information content (AvgIpc) is 3.14. The number of carbonyl (C=O) groups excluding carboxylic acids is 9. The Morgan fingerprint density at radius 3 is 1.80 bits per heavy atom. The number of allylic oxidation sites excluding steroid dienone is 1. The second kappa shape index (κ2) is 22.8. The number of carbonyl (C=O) groups is 9. The Kier molecular flexibility index (Phi) is 19.7. The van der Waals surface area contributed by atoms with Gasteiger partial charge in [-0.25, -0.2) is 0 Å². The summed E-state index contributed by atoms with van der Waals surface area (Å²) in [6.45, 7) is 7.89. The van der Waals surface area contributed by atoms with Crippen molar-refractivity contribution in [3.05, 3.63) is 24.3 Å². The highest BCUT2D eigenvalue weighted by Gasteiger charge is 2.41. The molecule has 23 heteroatoms. The summed E-state index contributed by atoms with van der Waals surface area (Å²) in [6, 6.07) is -10.9. The molecule has 1 aliphatic rings. The van der Waals surface area contributed by atoms with E-state index in [9.17, 15) is 68.7 Å². The third-order valence-electron chi connectivity index (χ3n) is 8.36. The summed E-state index contributed by atoms with van der Waals surface area (Å²) in [5.74, 6) is -11.5. The molecule has 1 fully saturated rings. The maximum atomic E-state index is 13.6. The number of aliphatic hydroxyl groups excluding tert-OH is 5. The van der Waals surface area contributed by atoms with E-state index in [0.717, 1.165) is 6.92 Å². The molecule has 15 N–H and O–H groups in total. The van der Waals surface area contributed by atoms with Crippen molar-refractivity contribution in [1.82, 2.24) is 42.5 Å². The molecule has 0 aromatic carbocycles. The molecule has 0 aromatic heterocycles. The first-order valence-electron chi connectivity index (χ1n) is 17.4. The SMILES string of the molecule is C=CCC1NC(=O)C(O)CNC(=O)C(C(C)O)NC(=O)C(C(O)C(O)C(N)=O)NC(=O)C(C(C)C)NC(=O)C(CO)NC(=O)C(CNC(=O)/C(C)=C\C)NC1=O. The van der Waals surface area contributed by atoms with Gasteiger partial charge in [0.2, 0.25) is 47.3 Å². The molecule has 1 aliphatic heterocycles. The highest BCUT2D eigenvalue weighted by atomic mass is 16.3. The molecule has 0 radical (unpaired) electrons. The molecule has 0 saturated carbocycles. The molecule has 10 atom stereocenters. The fourth-order valence-corrected chi connectivity index (χ4v) is 4.82. The molecule has 1 heterocycles. The van der Waals surface area contributed by atoms with Crippen molar-refractivity contribution in [2.45, 2.75) is 102 Å². The van der Waals surface area contributed by atoms with Crippen LogP contribution in [0.2, 0.25) is 0 Å². The molecule has 0 spiro atoms. The Morgan fingerprint density at radius 2 is 1.29 bits per heavy atom. The molecule has 10 unspecified atom stereocenters. The average molecular weight is 800 g/mol. The van der Waals surface area contributed by atoms with Crippen LogP contribution in [0.25, 0.3) is 0 Å². The largest absolute Gasteiger partial charge is 0.394 e. The number of hydrogen-bond acceptors (Lipinski definition) is 14. The molecule has 0 aliphatic carbocycles. The van der Waals surface area contributed by atoms with E-state index in [1.807, 2.05) is 10.6 Å². The third-order valence-corrected chi connectivity index (χ3v) is 8.36. The Labute approximate surface area is 321 Å². The van der Waals surface area contributed by atoms with Crippen LogP contribution < -0.4 is 48.3 Å². The smallest absolute Gasteiger partial charge is 0.251 e. The van der Waals surface area contributed by atoms with Crippen molar-refractivity contribution >= 4 is 53.2 Å². The second-order valence-corrected chi connectivity index (χ2v) is 13.1. The quantitative estimate of drug-likeness (QED) is 0.0682. The molecule has 314 valence electrons. The number of nitrogens with two attached hydrogens (primary N) is 1. The van der Waals surface area contributed by atoms with Crippen LogP contribution in [0.4, 0.5) is 0 Å². The Morgan fingerprint density at radius 1 is 0.786 bits per heavy atom. The first kappa shape index (κ1) is 48.5. The zero-order valence-corrected chi connectivity index (χ0v) is 31.5. The van der Waals surface area contributed by atoms with Crippen molar-refractivity contribution in [3.63, 3.8) is 0 Å². The van der Waals surface area contributed by atoms with E-state index >= 15 is 0 Å². The standard InChI is InChI=1S/C33H53N9O14/c1-7-9-16-27(50)38-17(10-35-26(49)14(5)8-2)28(51)39-18(12-43)29(52)40-20(13(3)4)32(55)42-22(23(46)24(47)25(34)48)33(56)41-21(15(6)44)31(54)36-11-19(45)30(53)37-16/h7-8,13,15-24,43-47H,1,9-12H2,2-6H3,(H2,34,48)(H,35,49)(H,36,54)(H,37,53)(H,38,50)(H,39,51)(H,40,52)(H,41,56)(H,42,55)/b14-8-. The molecule has 56 heavy (non-hydrogen) atoms. The lowest BCUT2D eigenvalue weighted by Gasteiger charge is -2.31. The van der Waals surface area contributed by atoms with E-state index in [4.69, 9.17) is 5.73 Å². The minimum Gasteiger partial charge on any atom is -0.394 e. The molecule has 0 bridgehead atoms. The zero-order chi connectivity index (χ0) is 43.0. The molecular formula is C33H53N9O14. The van der Waals surface area contributed by atoms with Crippen molar-refractivity contribution < 1.29 is 68.7 Å². The number of amides is 9. The number of rotatable bonds is 11. The van der Waals surface area contributed by atoms with Crippen LogP contribution in [-0.4, -0.2) is 159 Å². The highest BCUT2D eigenvalue weighted by Crippen LogP contribution is 2.09. The summed E-state index contributed by atoms with van der Waals surface area (Å²) in [6.07, 6.45) is -6.36. The molecule has 1 rings (SSSR count). The van der Waals surface area contributed by atoms with Crippen molar-refractivity contribution in [2.75, 3.05) is 19.7 Å². The zero-order valence-electron chi connectivity index (χ0n) is 31.5. The number of hydrogen-bond donors (Lipinski definition) is 14. The van der Waals surface area contributed by atoms with E-state index in [1.54, 1.807) is 6.92 Å². The van der Waals surface area contributed by atoms with Crippen molar-refractivity contribution in [2.24, 2.45) is 11.7 Å². The maximum Gasteiger partial charge on any atom is 0.251 e. The van der Waals surface area contributed by atoms with E-state index in [2.05, 4.69) is 38.5 Å². The molecule has 1 saturated heterocycles. The monoisotopic (exact) mass is 799 g/mol. The van der Waals surface area contributed by atoms with E-state index in [0.29, 0.717) is 0 Å². The van der Waals surface area contributed by atoms with Crippen LogP contribution in [0.5, 0.6) is 0 Å². The minimum atomic E-state index is -2.48. The first-order chi connectivity index (χ1) is 26.1. The predicted molar refractivity (Wildman–Crippen MR) is 193 cm³/mol. The van der Waals surface area contributed by atoms with Crippen molar-refractivity contribution in [1.29, 1.82) is 0 Å². The fraction of sp³-hybridized carbons (Fsp3) is 0.606. The van der Waals surface area contributed by atoms with Gasteiger partial charge in [-0.3, -0.25) is 43.2 Å². The van der Waals surface area contributed by atoms with Gasteiger partial charge in [0.15, 0.2) is 6.10 Å². The van der Waals surface area contributed by atoms with E-state index in [1.165, 1.54) is 32.9 Å². The number of nitrogens with one attached hydrogen (secondary N) is 8. The molecular weight excluding hydrogens is 746 g/mol. The fourth-order valence-electron chi connectivity index (χ4n) is 4.82. The predicted octanol–water partition coefficient (Wildman–Crippen LogP) is -7.72. The van der Waals surface area contributed by atoms with Crippen LogP contribution in [0.15, 0.2) is 24.3 Å². The van der Waals surface area contributed by atoms with Gasteiger partial charge in [-0.2, -0.15) is 0 Å². The van der Waals surface area contributed by atoms with Gasteiger partial charge in [0, 0.05) is 12.1 Å². The van der Waals surface area contributed by atoms with Gasteiger partial charge in [0.25, 0.3) is 5.91 Å². The van der Waals surface area contributed by atoms with Gasteiger partial charge in [-0.15, -0.1) is 6.58 Å². The first-order valence-corrected chi connectivity index (χ1v) is 17.4. The van der Waals surface area contributed by atoms with Crippen molar-refractivity contribution in [3.8, 4) is 0 Å². The van der Waals surface area contributed by atoms with E-state index in [-0.39, 0.29) is 12.0 Å². The molecule has 9 amide bonds. The second-order valence-electron chi connectivity index (χ2n) is 13.1. The van der Waals surface area contributed by atoms with Crippen LogP contribution in [-0.2, 0) is 43.2 Å². The topological polar surface area (TPSA) is 377 Å². The minimum absolute atomic E-state index is 0.231. The number of primary amides is 1. The van der Waals surface area contributed by atoms with Crippen LogP contribution in [0, 0.1) is 5.92 Å². The van der Waals surface area contributed by atoms with Crippen LogP contribution in [0.1, 0.15) is 41.0 Å². The number of β-amino-alcohol motifs (C(OH)–C–C–N with tert-alkyl or cyclic N) is 1. The molecule has 0 aromatic rings. The lowest BCUT2D eigenvalue weighted by atomic mass is 9.99.